The molecule has 0 atom stereocenters. The molecule has 2 aromatic rings. The molecule has 0 saturated heterocycles. The predicted molar refractivity (Wildman–Crippen MR) is 67.7 cm³/mol. The molecule has 0 fully saturated rings. The van der Waals surface area contributed by atoms with E-state index in [4.69, 9.17) is 5.73 Å². The van der Waals surface area contributed by atoms with E-state index in [-0.39, 0.29) is 5.78 Å². The van der Waals surface area contributed by atoms with Crippen molar-refractivity contribution in [2.45, 2.75) is 6.92 Å². The molecular formula is C11H11BrN4O. The van der Waals surface area contributed by atoms with E-state index >= 15 is 0 Å². The largest absolute Gasteiger partial charge is 0.398 e. The summed E-state index contributed by atoms with van der Waals surface area (Å²) in [5.74, 6) is -0.156. The summed E-state index contributed by atoms with van der Waals surface area (Å²) in [5.41, 5.74) is 8.27. The van der Waals surface area contributed by atoms with E-state index in [1.54, 1.807) is 19.2 Å². The fraction of sp³-hybridized carbons (Fsp3) is 0.182. The summed E-state index contributed by atoms with van der Waals surface area (Å²) < 4.78 is 1.87. The Hall–Kier alpha value is -1.69. The van der Waals surface area contributed by atoms with E-state index in [2.05, 4.69) is 26.2 Å². The second-order valence-electron chi connectivity index (χ2n) is 3.75. The first-order valence-corrected chi connectivity index (χ1v) is 5.76. The molecule has 88 valence electrons. The lowest BCUT2D eigenvalue weighted by Gasteiger charge is -2.04. The highest BCUT2D eigenvalue weighted by Crippen LogP contribution is 2.19. The van der Waals surface area contributed by atoms with E-state index < -0.39 is 0 Å². The zero-order chi connectivity index (χ0) is 12.6. The Morgan fingerprint density at radius 3 is 2.71 bits per heavy atom. The second kappa shape index (κ2) is 4.29. The van der Waals surface area contributed by atoms with E-state index in [1.807, 2.05) is 13.0 Å². The third kappa shape index (κ3) is 2.08. The molecule has 6 heteroatoms. The first-order chi connectivity index (χ1) is 8.00. The van der Waals surface area contributed by atoms with Crippen LogP contribution < -0.4 is 5.73 Å². The number of ketones is 1. The van der Waals surface area contributed by atoms with Crippen LogP contribution in [0, 0.1) is 6.92 Å². The van der Waals surface area contributed by atoms with Gasteiger partial charge in [0, 0.05) is 18.3 Å². The number of nitrogens with two attached hydrogens (primary N) is 1. The molecule has 1 aromatic heterocycles. The van der Waals surface area contributed by atoms with Gasteiger partial charge in [0.25, 0.3) is 0 Å². The summed E-state index contributed by atoms with van der Waals surface area (Å²) >= 11 is 3.20. The Kier molecular flexibility index (Phi) is 2.97. The smallest absolute Gasteiger partial charge is 0.213 e. The quantitative estimate of drug-likeness (QED) is 0.676. The second-order valence-corrected chi connectivity index (χ2v) is 4.50. The van der Waals surface area contributed by atoms with Gasteiger partial charge in [-0.3, -0.25) is 4.79 Å². The number of aryl methyl sites for hydroxylation is 2. The summed E-state index contributed by atoms with van der Waals surface area (Å²) in [6.07, 6.45) is 0. The predicted octanol–water partition coefficient (Wildman–Crippen LogP) is 1.70. The number of aromatic nitrogens is 3. The van der Waals surface area contributed by atoms with Crippen LogP contribution in [0.2, 0.25) is 0 Å². The molecule has 17 heavy (non-hydrogen) atoms. The highest BCUT2D eigenvalue weighted by atomic mass is 79.9. The van der Waals surface area contributed by atoms with Crippen LogP contribution in [0.5, 0.6) is 0 Å². The molecule has 0 aliphatic carbocycles. The average Bonchev–Trinajstić information content (AvgIpc) is 2.62. The minimum absolute atomic E-state index is 0.156. The number of benzene rings is 1. The van der Waals surface area contributed by atoms with Crippen molar-refractivity contribution in [1.82, 2.24) is 15.0 Å². The van der Waals surface area contributed by atoms with Gasteiger partial charge >= 0.3 is 0 Å². The van der Waals surface area contributed by atoms with Crippen LogP contribution in [0.1, 0.15) is 21.6 Å². The monoisotopic (exact) mass is 294 g/mol. The maximum absolute atomic E-state index is 12.2. The van der Waals surface area contributed by atoms with Gasteiger partial charge in [-0.15, -0.1) is 5.10 Å². The molecule has 1 heterocycles. The molecule has 0 bridgehead atoms. The van der Waals surface area contributed by atoms with Gasteiger partial charge < -0.3 is 5.73 Å². The van der Waals surface area contributed by atoms with Gasteiger partial charge in [0.1, 0.15) is 5.69 Å². The van der Waals surface area contributed by atoms with Crippen molar-refractivity contribution >= 4 is 27.4 Å². The van der Waals surface area contributed by atoms with Crippen molar-refractivity contribution in [2.75, 3.05) is 5.73 Å². The third-order valence-electron chi connectivity index (χ3n) is 2.54. The van der Waals surface area contributed by atoms with E-state index in [0.29, 0.717) is 21.5 Å². The molecule has 0 radical (unpaired) electrons. The lowest BCUT2D eigenvalue weighted by molar-refractivity contribution is 0.102. The van der Waals surface area contributed by atoms with Crippen LogP contribution in [-0.2, 0) is 7.05 Å². The summed E-state index contributed by atoms with van der Waals surface area (Å²) in [6, 6.07) is 5.23. The Morgan fingerprint density at radius 1 is 1.47 bits per heavy atom. The van der Waals surface area contributed by atoms with Crippen LogP contribution in [0.25, 0.3) is 0 Å². The highest BCUT2D eigenvalue weighted by Gasteiger charge is 2.18. The first-order valence-electron chi connectivity index (χ1n) is 4.96. The van der Waals surface area contributed by atoms with Gasteiger partial charge in [-0.25, -0.2) is 4.68 Å². The normalized spacial score (nSPS) is 10.5. The lowest BCUT2D eigenvalue weighted by Crippen LogP contribution is -2.09. The molecule has 0 saturated carbocycles. The Balaban J connectivity index is 2.48. The molecule has 0 spiro atoms. The van der Waals surface area contributed by atoms with Crippen LogP contribution >= 0.6 is 15.9 Å². The summed E-state index contributed by atoms with van der Waals surface area (Å²) in [6.45, 7) is 1.89. The summed E-state index contributed by atoms with van der Waals surface area (Å²) in [5, 5.41) is 7.55. The zero-order valence-corrected chi connectivity index (χ0v) is 11.0. The van der Waals surface area contributed by atoms with Crippen molar-refractivity contribution in [2.24, 2.45) is 7.05 Å². The standard InChI is InChI=1S/C11H11BrN4O/c1-6-3-4-7(5-8(6)13)10(17)9-11(12)14-15-16(9)2/h3-5H,13H2,1-2H3. The van der Waals surface area contributed by atoms with Crippen molar-refractivity contribution in [3.63, 3.8) is 0 Å². The Morgan fingerprint density at radius 2 is 2.18 bits per heavy atom. The molecule has 2 N–H and O–H groups in total. The number of hydrogen-bond acceptors (Lipinski definition) is 4. The van der Waals surface area contributed by atoms with Gasteiger partial charge in [-0.05, 0) is 34.5 Å². The lowest BCUT2D eigenvalue weighted by atomic mass is 10.1. The molecule has 0 aliphatic rings. The van der Waals surface area contributed by atoms with Crippen LogP contribution in [0.15, 0.2) is 22.8 Å². The zero-order valence-electron chi connectivity index (χ0n) is 9.44. The molecule has 2 rings (SSSR count). The topological polar surface area (TPSA) is 73.8 Å². The Bertz CT molecular complexity index is 572. The number of halogens is 1. The number of carbonyl (C=O) groups is 1. The third-order valence-corrected chi connectivity index (χ3v) is 3.08. The van der Waals surface area contributed by atoms with Gasteiger partial charge in [0.15, 0.2) is 4.60 Å². The van der Waals surface area contributed by atoms with Gasteiger partial charge in [-0.1, -0.05) is 17.3 Å². The van der Waals surface area contributed by atoms with Crippen molar-refractivity contribution in [3.05, 3.63) is 39.6 Å². The number of hydrogen-bond donors (Lipinski definition) is 1. The molecule has 0 unspecified atom stereocenters. The van der Waals surface area contributed by atoms with Gasteiger partial charge in [-0.2, -0.15) is 0 Å². The fourth-order valence-electron chi connectivity index (χ4n) is 1.49. The number of rotatable bonds is 2. The van der Waals surface area contributed by atoms with E-state index in [1.165, 1.54) is 4.68 Å². The maximum Gasteiger partial charge on any atom is 0.213 e. The van der Waals surface area contributed by atoms with Crippen LogP contribution in [0.3, 0.4) is 0 Å². The van der Waals surface area contributed by atoms with Crippen LogP contribution in [0.4, 0.5) is 5.69 Å². The SMILES string of the molecule is Cc1ccc(C(=O)c2c(Br)nnn2C)cc1N. The van der Waals surface area contributed by atoms with Gasteiger partial charge in [0.05, 0.1) is 0 Å². The van der Waals surface area contributed by atoms with Crippen molar-refractivity contribution < 1.29 is 4.79 Å². The first kappa shape index (κ1) is 11.8. The summed E-state index contributed by atoms with van der Waals surface area (Å²) in [4.78, 5) is 12.2. The van der Waals surface area contributed by atoms with Crippen molar-refractivity contribution in [1.29, 1.82) is 0 Å². The molecular weight excluding hydrogens is 284 g/mol. The molecule has 0 aliphatic heterocycles. The Labute approximate surface area is 107 Å². The fourth-order valence-corrected chi connectivity index (χ4v) is 2.00. The van der Waals surface area contributed by atoms with E-state index in [0.717, 1.165) is 5.56 Å². The number of carbonyl (C=O) groups excluding carboxylic acids is 1. The molecule has 1 aromatic carbocycles. The molecule has 5 nitrogen and oxygen atoms in total. The minimum atomic E-state index is -0.156. The minimum Gasteiger partial charge on any atom is -0.398 e. The van der Waals surface area contributed by atoms with Crippen molar-refractivity contribution in [3.8, 4) is 0 Å². The average molecular weight is 295 g/mol. The van der Waals surface area contributed by atoms with Crippen LogP contribution in [-0.4, -0.2) is 20.8 Å². The van der Waals surface area contributed by atoms with Gasteiger partial charge in [0.2, 0.25) is 5.78 Å². The maximum atomic E-state index is 12.2. The number of nitrogens with zero attached hydrogens (tertiary/aromatic N) is 3. The summed E-state index contributed by atoms with van der Waals surface area (Å²) in [7, 11) is 1.67. The molecule has 0 amide bonds. The van der Waals surface area contributed by atoms with E-state index in [9.17, 15) is 4.79 Å². The number of anilines is 1. The number of nitrogen functional groups attached to an aromatic ring is 1. The highest BCUT2D eigenvalue weighted by molar-refractivity contribution is 9.10.